The third kappa shape index (κ3) is 3.65. The Morgan fingerprint density at radius 3 is 2.69 bits per heavy atom. The van der Waals surface area contributed by atoms with Crippen LogP contribution in [0.3, 0.4) is 0 Å². The minimum atomic E-state index is 0.176. The molecule has 4 heteroatoms. The van der Waals surface area contributed by atoms with E-state index in [1.54, 1.807) is 11.3 Å². The van der Waals surface area contributed by atoms with Gasteiger partial charge in [-0.1, -0.05) is 11.6 Å². The smallest absolute Gasteiger partial charge is 0.0931 e. The summed E-state index contributed by atoms with van der Waals surface area (Å²) in [6.45, 7) is 4.93. The number of thiophene rings is 1. The molecule has 0 radical (unpaired) electrons. The number of nitrogens with two attached hydrogens (primary N) is 1. The van der Waals surface area contributed by atoms with E-state index in [1.807, 2.05) is 19.1 Å². The van der Waals surface area contributed by atoms with E-state index in [0.717, 1.165) is 10.9 Å². The molecule has 1 rings (SSSR count). The lowest BCUT2D eigenvalue weighted by molar-refractivity contribution is 0.480. The first-order valence-corrected chi connectivity index (χ1v) is 5.52. The summed E-state index contributed by atoms with van der Waals surface area (Å²) < 4.78 is 0.838. The molecule has 0 amide bonds. The molecule has 1 aromatic heterocycles. The van der Waals surface area contributed by atoms with Crippen LogP contribution in [-0.4, -0.2) is 12.1 Å². The zero-order valence-corrected chi connectivity index (χ0v) is 9.45. The van der Waals surface area contributed by atoms with Crippen LogP contribution in [0, 0.1) is 0 Å². The van der Waals surface area contributed by atoms with E-state index in [9.17, 15) is 0 Å². The van der Waals surface area contributed by atoms with Gasteiger partial charge < -0.3 is 11.1 Å². The van der Waals surface area contributed by atoms with Gasteiger partial charge in [-0.3, -0.25) is 0 Å². The highest BCUT2D eigenvalue weighted by molar-refractivity contribution is 7.16. The van der Waals surface area contributed by atoms with Gasteiger partial charge in [-0.05, 0) is 26.0 Å². The Labute approximate surface area is 88.1 Å². The molecule has 1 heterocycles. The molecular formula is C9H15ClN2S. The van der Waals surface area contributed by atoms with Crippen molar-refractivity contribution in [2.75, 3.05) is 0 Å². The van der Waals surface area contributed by atoms with Gasteiger partial charge in [-0.15, -0.1) is 11.3 Å². The van der Waals surface area contributed by atoms with Gasteiger partial charge in [0.25, 0.3) is 0 Å². The molecule has 0 aliphatic carbocycles. The number of rotatable bonds is 4. The maximum atomic E-state index is 5.80. The Morgan fingerprint density at radius 2 is 2.23 bits per heavy atom. The quantitative estimate of drug-likeness (QED) is 0.814. The van der Waals surface area contributed by atoms with E-state index in [1.165, 1.54) is 4.88 Å². The zero-order valence-electron chi connectivity index (χ0n) is 7.88. The fourth-order valence-electron chi connectivity index (χ4n) is 0.894. The highest BCUT2D eigenvalue weighted by Gasteiger charge is 2.06. The first kappa shape index (κ1) is 11.0. The largest absolute Gasteiger partial charge is 0.327 e. The highest BCUT2D eigenvalue weighted by atomic mass is 35.5. The number of hydrogen-bond acceptors (Lipinski definition) is 3. The van der Waals surface area contributed by atoms with Crippen LogP contribution in [0.1, 0.15) is 18.7 Å². The molecule has 1 aromatic rings. The molecule has 2 unspecified atom stereocenters. The standard InChI is InChI=1S/C9H15ClN2S/c1-6(11)7(2)12-5-8-3-4-9(10)13-8/h3-4,6-7,12H,5,11H2,1-2H3. The second kappa shape index (κ2) is 4.96. The van der Waals surface area contributed by atoms with Crippen molar-refractivity contribution in [2.24, 2.45) is 5.73 Å². The van der Waals surface area contributed by atoms with Crippen molar-refractivity contribution in [1.29, 1.82) is 0 Å². The van der Waals surface area contributed by atoms with Crippen LogP contribution in [0.15, 0.2) is 12.1 Å². The van der Waals surface area contributed by atoms with Gasteiger partial charge in [0, 0.05) is 23.5 Å². The van der Waals surface area contributed by atoms with Gasteiger partial charge in [-0.2, -0.15) is 0 Å². The molecule has 13 heavy (non-hydrogen) atoms. The van der Waals surface area contributed by atoms with E-state index in [0.29, 0.717) is 6.04 Å². The highest BCUT2D eigenvalue weighted by Crippen LogP contribution is 2.21. The van der Waals surface area contributed by atoms with E-state index < -0.39 is 0 Å². The van der Waals surface area contributed by atoms with E-state index in [-0.39, 0.29) is 6.04 Å². The Morgan fingerprint density at radius 1 is 1.54 bits per heavy atom. The fraction of sp³-hybridized carbons (Fsp3) is 0.556. The lowest BCUT2D eigenvalue weighted by Gasteiger charge is -2.16. The molecule has 0 bridgehead atoms. The minimum Gasteiger partial charge on any atom is -0.327 e. The third-order valence-corrected chi connectivity index (χ3v) is 3.25. The van der Waals surface area contributed by atoms with Crippen LogP contribution >= 0.6 is 22.9 Å². The Bertz CT molecular complexity index is 260. The van der Waals surface area contributed by atoms with Crippen molar-refractivity contribution >= 4 is 22.9 Å². The normalized spacial score (nSPS) is 15.7. The summed E-state index contributed by atoms with van der Waals surface area (Å²) in [4.78, 5) is 1.25. The summed E-state index contributed by atoms with van der Waals surface area (Å²) in [5.41, 5.74) is 5.72. The van der Waals surface area contributed by atoms with Gasteiger partial charge in [0.1, 0.15) is 0 Å². The second-order valence-electron chi connectivity index (χ2n) is 3.23. The van der Waals surface area contributed by atoms with Gasteiger partial charge in [-0.25, -0.2) is 0 Å². The van der Waals surface area contributed by atoms with Crippen LogP contribution in [-0.2, 0) is 6.54 Å². The molecule has 0 saturated carbocycles. The van der Waals surface area contributed by atoms with Crippen LogP contribution in [0.25, 0.3) is 0 Å². The Hall–Kier alpha value is -0.0900. The Kier molecular flexibility index (Phi) is 4.19. The molecule has 2 atom stereocenters. The van der Waals surface area contributed by atoms with E-state index >= 15 is 0 Å². The summed E-state index contributed by atoms with van der Waals surface area (Å²) >= 11 is 7.41. The first-order chi connectivity index (χ1) is 6.09. The third-order valence-electron chi connectivity index (χ3n) is 2.02. The maximum Gasteiger partial charge on any atom is 0.0931 e. The van der Waals surface area contributed by atoms with Crippen molar-refractivity contribution in [1.82, 2.24) is 5.32 Å². The average molecular weight is 219 g/mol. The van der Waals surface area contributed by atoms with Gasteiger partial charge in [0.15, 0.2) is 0 Å². The monoisotopic (exact) mass is 218 g/mol. The van der Waals surface area contributed by atoms with Crippen molar-refractivity contribution in [2.45, 2.75) is 32.5 Å². The summed E-state index contributed by atoms with van der Waals surface area (Å²) in [5, 5.41) is 3.34. The molecular weight excluding hydrogens is 204 g/mol. The lowest BCUT2D eigenvalue weighted by atomic mass is 10.2. The van der Waals surface area contributed by atoms with Gasteiger partial charge >= 0.3 is 0 Å². The molecule has 0 saturated heterocycles. The van der Waals surface area contributed by atoms with Crippen molar-refractivity contribution in [3.8, 4) is 0 Å². The summed E-state index contributed by atoms with van der Waals surface area (Å²) in [5.74, 6) is 0. The second-order valence-corrected chi connectivity index (χ2v) is 5.03. The number of nitrogens with one attached hydrogen (secondary N) is 1. The topological polar surface area (TPSA) is 38.0 Å². The molecule has 0 aliphatic rings. The maximum absolute atomic E-state index is 5.80. The molecule has 74 valence electrons. The molecule has 2 nitrogen and oxygen atoms in total. The number of hydrogen-bond donors (Lipinski definition) is 2. The van der Waals surface area contributed by atoms with Crippen LogP contribution < -0.4 is 11.1 Å². The fourth-order valence-corrected chi connectivity index (χ4v) is 1.93. The molecule has 0 aromatic carbocycles. The van der Waals surface area contributed by atoms with Crippen molar-refractivity contribution < 1.29 is 0 Å². The van der Waals surface area contributed by atoms with Gasteiger partial charge in [0.05, 0.1) is 4.34 Å². The zero-order chi connectivity index (χ0) is 9.84. The predicted molar refractivity (Wildman–Crippen MR) is 59.3 cm³/mol. The van der Waals surface area contributed by atoms with Gasteiger partial charge in [0.2, 0.25) is 0 Å². The van der Waals surface area contributed by atoms with Crippen LogP contribution in [0.4, 0.5) is 0 Å². The molecule has 0 aliphatic heterocycles. The summed E-state index contributed by atoms with van der Waals surface area (Å²) in [6.07, 6.45) is 0. The van der Waals surface area contributed by atoms with Crippen molar-refractivity contribution in [3.05, 3.63) is 21.3 Å². The first-order valence-electron chi connectivity index (χ1n) is 4.33. The SMILES string of the molecule is CC(N)C(C)NCc1ccc(Cl)s1. The number of halogens is 1. The Balaban J connectivity index is 2.35. The predicted octanol–water partition coefficient (Wildman–Crippen LogP) is 2.23. The van der Waals surface area contributed by atoms with Crippen LogP contribution in [0.5, 0.6) is 0 Å². The molecule has 0 spiro atoms. The molecule has 3 N–H and O–H groups in total. The van der Waals surface area contributed by atoms with Crippen LogP contribution in [0.2, 0.25) is 4.34 Å². The van der Waals surface area contributed by atoms with E-state index in [2.05, 4.69) is 12.2 Å². The minimum absolute atomic E-state index is 0.176. The van der Waals surface area contributed by atoms with E-state index in [4.69, 9.17) is 17.3 Å². The summed E-state index contributed by atoms with van der Waals surface area (Å²) in [7, 11) is 0. The molecule has 0 fully saturated rings. The summed E-state index contributed by atoms with van der Waals surface area (Å²) in [6, 6.07) is 4.46. The average Bonchev–Trinajstić information content (AvgIpc) is 2.47. The van der Waals surface area contributed by atoms with Crippen molar-refractivity contribution in [3.63, 3.8) is 0 Å². The lowest BCUT2D eigenvalue weighted by Crippen LogP contribution is -2.40.